The van der Waals surface area contributed by atoms with E-state index in [-0.39, 0.29) is 6.42 Å². The van der Waals surface area contributed by atoms with E-state index in [1.54, 1.807) is 54.6 Å². The number of hydrogen-bond donors (Lipinski definition) is 2. The summed E-state index contributed by atoms with van der Waals surface area (Å²) in [6, 6.07) is 14.9. The van der Waals surface area contributed by atoms with Gasteiger partial charge in [-0.2, -0.15) is 8.42 Å². The van der Waals surface area contributed by atoms with E-state index in [1.807, 2.05) is 0 Å². The average molecular weight is 318 g/mol. The molecule has 0 radical (unpaired) electrons. The summed E-state index contributed by atoms with van der Waals surface area (Å²) in [7, 11) is -4.55. The summed E-state index contributed by atoms with van der Waals surface area (Å²) < 4.78 is 33.4. The van der Waals surface area contributed by atoms with Gasteiger partial charge in [-0.1, -0.05) is 54.6 Å². The van der Waals surface area contributed by atoms with E-state index < -0.39 is 26.8 Å². The van der Waals surface area contributed by atoms with Crippen LogP contribution >= 0.6 is 0 Å². The van der Waals surface area contributed by atoms with Crippen LogP contribution in [0.3, 0.4) is 0 Å². The molecule has 0 heterocycles. The Labute approximate surface area is 128 Å². The van der Waals surface area contributed by atoms with Gasteiger partial charge in [0.25, 0.3) is 10.1 Å². The molecule has 0 aliphatic heterocycles. The molecule has 3 rings (SSSR count). The summed E-state index contributed by atoms with van der Waals surface area (Å²) in [6.07, 6.45) is -0.0315. The largest absolute Gasteiger partial charge is 0.480 e. The molecule has 1 aliphatic rings. The predicted molar refractivity (Wildman–Crippen MR) is 80.3 cm³/mol. The van der Waals surface area contributed by atoms with Crippen LogP contribution in [0.4, 0.5) is 0 Å². The smallest absolute Gasteiger partial charge is 0.320 e. The number of carboxylic acid groups (broad SMARTS) is 1. The summed E-state index contributed by atoms with van der Waals surface area (Å²) >= 11 is 0. The quantitative estimate of drug-likeness (QED) is 0.843. The number of carbonyl (C=O) groups is 1. The summed E-state index contributed by atoms with van der Waals surface area (Å²) in [5.41, 5.74) is -0.423. The maximum Gasteiger partial charge on any atom is 0.320 e. The lowest BCUT2D eigenvalue weighted by molar-refractivity contribution is -0.142. The third-order valence-electron chi connectivity index (χ3n) is 4.26. The third-order valence-corrected chi connectivity index (χ3v) is 5.50. The second-order valence-corrected chi connectivity index (χ2v) is 6.94. The Kier molecular flexibility index (Phi) is 3.30. The number of aliphatic carboxylic acids is 1. The molecule has 2 aromatic rings. The average Bonchev–Trinajstić information content (AvgIpc) is 2.84. The lowest BCUT2D eigenvalue weighted by atomic mass is 9.75. The van der Waals surface area contributed by atoms with Crippen LogP contribution in [-0.2, 0) is 26.7 Å². The minimum absolute atomic E-state index is 0.0315. The van der Waals surface area contributed by atoms with Crippen molar-refractivity contribution >= 4 is 16.1 Å². The molecule has 2 aromatic carbocycles. The number of fused-ring (bicyclic) bond motifs is 1. The first-order valence-corrected chi connectivity index (χ1v) is 8.22. The van der Waals surface area contributed by atoms with Crippen molar-refractivity contribution in [2.75, 3.05) is 0 Å². The van der Waals surface area contributed by atoms with Crippen molar-refractivity contribution in [2.24, 2.45) is 0 Å². The van der Waals surface area contributed by atoms with Gasteiger partial charge in [0.1, 0.15) is 10.7 Å². The highest BCUT2D eigenvalue weighted by molar-refractivity contribution is 7.86. The van der Waals surface area contributed by atoms with Gasteiger partial charge in [-0.3, -0.25) is 9.35 Å². The molecule has 2 N–H and O–H groups in total. The van der Waals surface area contributed by atoms with Crippen LogP contribution in [-0.4, -0.2) is 29.3 Å². The lowest BCUT2D eigenvalue weighted by Crippen LogP contribution is -2.48. The fourth-order valence-electron chi connectivity index (χ4n) is 3.36. The minimum Gasteiger partial charge on any atom is -0.480 e. The SMILES string of the molecule is O=C(O)C1(c2ccccc2)c2ccccc2CC1S(=O)(=O)O. The molecule has 0 fully saturated rings. The zero-order valence-electron chi connectivity index (χ0n) is 11.5. The first-order valence-electron chi connectivity index (χ1n) is 6.72. The lowest BCUT2D eigenvalue weighted by Gasteiger charge is -2.31. The molecule has 2 atom stereocenters. The zero-order valence-corrected chi connectivity index (χ0v) is 12.3. The van der Waals surface area contributed by atoms with E-state index in [9.17, 15) is 22.9 Å². The van der Waals surface area contributed by atoms with Crippen molar-refractivity contribution in [2.45, 2.75) is 17.1 Å². The molecular formula is C16H14O5S. The molecular weight excluding hydrogens is 304 g/mol. The Balaban J connectivity index is 2.40. The number of carboxylic acids is 1. The third kappa shape index (κ3) is 1.95. The number of hydrogen-bond acceptors (Lipinski definition) is 3. The van der Waals surface area contributed by atoms with E-state index in [1.165, 1.54) is 0 Å². The van der Waals surface area contributed by atoms with Crippen LogP contribution in [0.15, 0.2) is 54.6 Å². The molecule has 0 saturated heterocycles. The van der Waals surface area contributed by atoms with Gasteiger partial charge in [0.15, 0.2) is 0 Å². The molecule has 5 nitrogen and oxygen atoms in total. The van der Waals surface area contributed by atoms with Crippen LogP contribution in [0.2, 0.25) is 0 Å². The van der Waals surface area contributed by atoms with Crippen molar-refractivity contribution in [1.82, 2.24) is 0 Å². The topological polar surface area (TPSA) is 91.7 Å². The van der Waals surface area contributed by atoms with Gasteiger partial charge >= 0.3 is 5.97 Å². The maximum atomic E-state index is 12.2. The van der Waals surface area contributed by atoms with E-state index in [2.05, 4.69) is 0 Å². The molecule has 0 spiro atoms. The zero-order chi connectivity index (χ0) is 16.0. The van der Waals surface area contributed by atoms with Crippen LogP contribution in [0.1, 0.15) is 16.7 Å². The first kappa shape index (κ1) is 14.7. The summed E-state index contributed by atoms with van der Waals surface area (Å²) in [5.74, 6) is -1.29. The van der Waals surface area contributed by atoms with Crippen molar-refractivity contribution < 1.29 is 22.9 Å². The van der Waals surface area contributed by atoms with Crippen molar-refractivity contribution in [1.29, 1.82) is 0 Å². The highest BCUT2D eigenvalue weighted by Gasteiger charge is 2.59. The van der Waals surface area contributed by atoms with Gasteiger partial charge in [0, 0.05) is 0 Å². The molecule has 0 aromatic heterocycles. The van der Waals surface area contributed by atoms with Gasteiger partial charge in [-0.15, -0.1) is 0 Å². The Morgan fingerprint density at radius 1 is 1.05 bits per heavy atom. The molecule has 22 heavy (non-hydrogen) atoms. The predicted octanol–water partition coefficient (Wildman–Crippen LogP) is 1.87. The Hall–Kier alpha value is -2.18. The fourth-order valence-corrected chi connectivity index (χ4v) is 4.56. The van der Waals surface area contributed by atoms with Crippen LogP contribution < -0.4 is 0 Å². The molecule has 6 heteroatoms. The molecule has 0 bridgehead atoms. The van der Waals surface area contributed by atoms with E-state index in [0.29, 0.717) is 16.7 Å². The highest BCUT2D eigenvalue weighted by atomic mass is 32.2. The maximum absolute atomic E-state index is 12.2. The van der Waals surface area contributed by atoms with E-state index in [4.69, 9.17) is 0 Å². The van der Waals surface area contributed by atoms with Gasteiger partial charge < -0.3 is 5.11 Å². The fraction of sp³-hybridized carbons (Fsp3) is 0.188. The Bertz CT molecular complexity index is 829. The van der Waals surface area contributed by atoms with Crippen LogP contribution in [0.5, 0.6) is 0 Å². The van der Waals surface area contributed by atoms with Crippen molar-refractivity contribution in [3.8, 4) is 0 Å². The Morgan fingerprint density at radius 3 is 2.23 bits per heavy atom. The van der Waals surface area contributed by atoms with Gasteiger partial charge in [0.05, 0.1) is 0 Å². The summed E-state index contributed by atoms with van der Waals surface area (Å²) in [5, 5.41) is 8.48. The first-order chi connectivity index (χ1) is 10.4. The van der Waals surface area contributed by atoms with Gasteiger partial charge in [-0.25, -0.2) is 0 Å². The van der Waals surface area contributed by atoms with Crippen LogP contribution in [0, 0.1) is 0 Å². The molecule has 0 amide bonds. The molecule has 1 aliphatic carbocycles. The van der Waals surface area contributed by atoms with E-state index >= 15 is 0 Å². The van der Waals surface area contributed by atoms with Gasteiger partial charge in [0.2, 0.25) is 0 Å². The minimum atomic E-state index is -4.55. The van der Waals surface area contributed by atoms with Gasteiger partial charge in [-0.05, 0) is 23.1 Å². The number of rotatable bonds is 3. The van der Waals surface area contributed by atoms with E-state index in [0.717, 1.165) is 0 Å². The second-order valence-electron chi connectivity index (χ2n) is 5.34. The van der Waals surface area contributed by atoms with Crippen LogP contribution in [0.25, 0.3) is 0 Å². The number of benzene rings is 2. The van der Waals surface area contributed by atoms with Crippen molar-refractivity contribution in [3.63, 3.8) is 0 Å². The Morgan fingerprint density at radius 2 is 1.64 bits per heavy atom. The monoisotopic (exact) mass is 318 g/mol. The van der Waals surface area contributed by atoms with Crippen molar-refractivity contribution in [3.05, 3.63) is 71.3 Å². The second kappa shape index (κ2) is 4.93. The molecule has 114 valence electrons. The normalized spacial score (nSPS) is 24.0. The molecule has 0 saturated carbocycles. The summed E-state index contributed by atoms with van der Waals surface area (Å²) in [4.78, 5) is 12.2. The standard InChI is InChI=1S/C16H14O5S/c17-15(18)16(12-7-2-1-3-8-12)13-9-5-4-6-11(13)10-14(16)22(19,20)21/h1-9,14H,10H2,(H,17,18)(H,19,20,21). The summed E-state index contributed by atoms with van der Waals surface area (Å²) in [6.45, 7) is 0. The highest BCUT2D eigenvalue weighted by Crippen LogP contribution is 2.47. The molecule has 2 unspecified atom stereocenters.